The molecule has 0 saturated heterocycles. The summed E-state index contributed by atoms with van der Waals surface area (Å²) in [5.74, 6) is 0.217. The normalized spacial score (nSPS) is 12.2. The summed E-state index contributed by atoms with van der Waals surface area (Å²) in [4.78, 5) is 10.7. The lowest BCUT2D eigenvalue weighted by atomic mass is 10.00. The van der Waals surface area contributed by atoms with Crippen molar-refractivity contribution in [3.63, 3.8) is 0 Å². The van der Waals surface area contributed by atoms with Gasteiger partial charge in [-0.05, 0) is 25.0 Å². The van der Waals surface area contributed by atoms with Crippen LogP contribution in [0.25, 0.3) is 0 Å². The summed E-state index contributed by atoms with van der Waals surface area (Å²) < 4.78 is 1.44. The molecule has 0 saturated carbocycles. The standard InChI is InChI=1S/C15H19ClN4O3/c1-10-14(20(22)23)15(19(2)18-10)17-8-11(9-21)7-12-5-3-4-6-13(12)16/h3-6,11,17,21H,7-9H2,1-2H3. The van der Waals surface area contributed by atoms with E-state index in [1.807, 2.05) is 18.2 Å². The molecule has 124 valence electrons. The molecule has 8 heteroatoms. The topological polar surface area (TPSA) is 93.2 Å². The molecule has 0 bridgehead atoms. The Hall–Kier alpha value is -2.12. The van der Waals surface area contributed by atoms with E-state index >= 15 is 0 Å². The first-order valence-electron chi connectivity index (χ1n) is 7.20. The molecule has 1 unspecified atom stereocenters. The van der Waals surface area contributed by atoms with E-state index in [1.165, 1.54) is 4.68 Å². The van der Waals surface area contributed by atoms with Crippen molar-refractivity contribution in [2.45, 2.75) is 13.3 Å². The Kier molecular flexibility index (Phi) is 5.57. The van der Waals surface area contributed by atoms with Gasteiger partial charge in [0.2, 0.25) is 5.82 Å². The maximum Gasteiger partial charge on any atom is 0.333 e. The number of nitrogens with one attached hydrogen (secondary N) is 1. The van der Waals surface area contributed by atoms with Crippen molar-refractivity contribution in [1.29, 1.82) is 0 Å². The first-order valence-corrected chi connectivity index (χ1v) is 7.58. The van der Waals surface area contributed by atoms with E-state index in [9.17, 15) is 15.2 Å². The Morgan fingerprint density at radius 3 is 2.78 bits per heavy atom. The first-order chi connectivity index (χ1) is 10.9. The quantitative estimate of drug-likeness (QED) is 0.597. The SMILES string of the molecule is Cc1nn(C)c(NCC(CO)Cc2ccccc2Cl)c1[N+](=O)[O-]. The molecule has 0 aliphatic rings. The summed E-state index contributed by atoms with van der Waals surface area (Å²) in [5.41, 5.74) is 1.25. The third kappa shape index (κ3) is 4.00. The highest BCUT2D eigenvalue weighted by Gasteiger charge is 2.24. The summed E-state index contributed by atoms with van der Waals surface area (Å²) in [6.45, 7) is 1.92. The summed E-state index contributed by atoms with van der Waals surface area (Å²) in [7, 11) is 1.64. The van der Waals surface area contributed by atoms with Gasteiger partial charge in [0.05, 0.1) is 4.92 Å². The zero-order valence-electron chi connectivity index (χ0n) is 13.0. The molecular weight excluding hydrogens is 320 g/mol. The van der Waals surface area contributed by atoms with Crippen molar-refractivity contribution < 1.29 is 10.0 Å². The van der Waals surface area contributed by atoms with Gasteiger partial charge in [-0.1, -0.05) is 29.8 Å². The number of benzene rings is 1. The number of aromatic nitrogens is 2. The van der Waals surface area contributed by atoms with E-state index in [0.717, 1.165) is 5.56 Å². The summed E-state index contributed by atoms with van der Waals surface area (Å²) in [6, 6.07) is 7.44. The van der Waals surface area contributed by atoms with Crippen molar-refractivity contribution in [3.05, 3.63) is 50.7 Å². The van der Waals surface area contributed by atoms with Gasteiger partial charge in [-0.25, -0.2) is 4.68 Å². The van der Waals surface area contributed by atoms with Gasteiger partial charge >= 0.3 is 5.69 Å². The number of hydrogen-bond donors (Lipinski definition) is 2. The number of nitrogens with zero attached hydrogens (tertiary/aromatic N) is 3. The number of aliphatic hydroxyl groups excluding tert-OH is 1. The predicted octanol–water partition coefficient (Wildman–Crippen LogP) is 2.55. The zero-order valence-corrected chi connectivity index (χ0v) is 13.7. The first kappa shape index (κ1) is 17.2. The van der Waals surface area contributed by atoms with Crippen LogP contribution in [0.15, 0.2) is 24.3 Å². The van der Waals surface area contributed by atoms with Crippen molar-refractivity contribution in [3.8, 4) is 0 Å². The predicted molar refractivity (Wildman–Crippen MR) is 88.8 cm³/mol. The van der Waals surface area contributed by atoms with Gasteiger partial charge in [0.25, 0.3) is 0 Å². The molecule has 0 aliphatic heterocycles. The van der Waals surface area contributed by atoms with Gasteiger partial charge in [-0.3, -0.25) is 10.1 Å². The molecule has 7 nitrogen and oxygen atoms in total. The van der Waals surface area contributed by atoms with Crippen LogP contribution >= 0.6 is 11.6 Å². The number of hydrogen-bond acceptors (Lipinski definition) is 5. The van der Waals surface area contributed by atoms with Crippen molar-refractivity contribution in [2.24, 2.45) is 13.0 Å². The minimum absolute atomic E-state index is 0.0399. The summed E-state index contributed by atoms with van der Waals surface area (Å²) in [6.07, 6.45) is 0.577. The largest absolute Gasteiger partial charge is 0.396 e. The van der Waals surface area contributed by atoms with Crippen LogP contribution in [0.5, 0.6) is 0 Å². The second-order valence-corrected chi connectivity index (χ2v) is 5.80. The molecule has 1 heterocycles. The lowest BCUT2D eigenvalue weighted by Crippen LogP contribution is -2.22. The highest BCUT2D eigenvalue weighted by atomic mass is 35.5. The lowest BCUT2D eigenvalue weighted by molar-refractivity contribution is -0.384. The van der Waals surface area contributed by atoms with E-state index in [-0.39, 0.29) is 18.2 Å². The van der Waals surface area contributed by atoms with E-state index in [4.69, 9.17) is 11.6 Å². The minimum atomic E-state index is -0.452. The molecule has 0 radical (unpaired) electrons. The van der Waals surface area contributed by atoms with Crippen molar-refractivity contribution in [1.82, 2.24) is 9.78 Å². The maximum absolute atomic E-state index is 11.2. The van der Waals surface area contributed by atoms with Crippen molar-refractivity contribution in [2.75, 3.05) is 18.5 Å². The number of aliphatic hydroxyl groups is 1. The Labute approximate surface area is 139 Å². The van der Waals surface area contributed by atoms with Crippen LogP contribution in [0, 0.1) is 23.0 Å². The van der Waals surface area contributed by atoms with E-state index < -0.39 is 4.92 Å². The molecule has 2 aromatic rings. The molecule has 0 spiro atoms. The van der Waals surface area contributed by atoms with Crippen LogP contribution in [0.3, 0.4) is 0 Å². The van der Waals surface area contributed by atoms with Crippen LogP contribution in [-0.4, -0.2) is 33.0 Å². The van der Waals surface area contributed by atoms with E-state index in [1.54, 1.807) is 20.0 Å². The minimum Gasteiger partial charge on any atom is -0.396 e. The van der Waals surface area contributed by atoms with Crippen molar-refractivity contribution >= 4 is 23.1 Å². The Balaban J connectivity index is 2.10. The lowest BCUT2D eigenvalue weighted by Gasteiger charge is -2.16. The molecule has 1 aromatic heterocycles. The zero-order chi connectivity index (χ0) is 17.0. The van der Waals surface area contributed by atoms with E-state index in [2.05, 4.69) is 10.4 Å². The van der Waals surface area contributed by atoms with Gasteiger partial charge in [0.1, 0.15) is 5.69 Å². The third-order valence-corrected chi connectivity index (χ3v) is 4.02. The molecule has 23 heavy (non-hydrogen) atoms. The monoisotopic (exact) mass is 338 g/mol. The number of nitro groups is 1. The van der Waals surface area contributed by atoms with Gasteiger partial charge < -0.3 is 10.4 Å². The summed E-state index contributed by atoms with van der Waals surface area (Å²) in [5, 5.41) is 28.5. The molecular formula is C15H19ClN4O3. The highest BCUT2D eigenvalue weighted by molar-refractivity contribution is 6.31. The van der Waals surface area contributed by atoms with Crippen LogP contribution in [-0.2, 0) is 13.5 Å². The maximum atomic E-state index is 11.2. The van der Waals surface area contributed by atoms with Crippen LogP contribution in [0.4, 0.5) is 11.5 Å². The van der Waals surface area contributed by atoms with Gasteiger partial charge in [-0.2, -0.15) is 5.10 Å². The molecule has 2 rings (SSSR count). The molecule has 0 amide bonds. The fourth-order valence-corrected chi connectivity index (χ4v) is 2.69. The van der Waals surface area contributed by atoms with Crippen LogP contribution < -0.4 is 5.32 Å². The fourth-order valence-electron chi connectivity index (χ4n) is 2.48. The smallest absolute Gasteiger partial charge is 0.333 e. The Morgan fingerprint density at radius 2 is 2.17 bits per heavy atom. The number of anilines is 1. The Morgan fingerprint density at radius 1 is 1.48 bits per heavy atom. The molecule has 0 aliphatic carbocycles. The average Bonchev–Trinajstić information content (AvgIpc) is 2.79. The van der Waals surface area contributed by atoms with Crippen LogP contribution in [0.1, 0.15) is 11.3 Å². The highest BCUT2D eigenvalue weighted by Crippen LogP contribution is 2.27. The van der Waals surface area contributed by atoms with Gasteiger partial charge in [-0.15, -0.1) is 0 Å². The second kappa shape index (κ2) is 7.43. The van der Waals surface area contributed by atoms with Crippen LogP contribution in [0.2, 0.25) is 5.02 Å². The molecule has 2 N–H and O–H groups in total. The average molecular weight is 339 g/mol. The van der Waals surface area contributed by atoms with Gasteiger partial charge in [0, 0.05) is 31.1 Å². The molecule has 1 atom stereocenters. The fraction of sp³-hybridized carbons (Fsp3) is 0.400. The number of rotatable bonds is 7. The summed E-state index contributed by atoms with van der Waals surface area (Å²) >= 11 is 6.13. The number of halogens is 1. The molecule has 1 aromatic carbocycles. The second-order valence-electron chi connectivity index (χ2n) is 5.39. The Bertz CT molecular complexity index is 702. The molecule has 0 fully saturated rings. The third-order valence-electron chi connectivity index (χ3n) is 3.66. The van der Waals surface area contributed by atoms with E-state index in [0.29, 0.717) is 29.5 Å². The number of aryl methyl sites for hydroxylation is 2. The van der Waals surface area contributed by atoms with Gasteiger partial charge in [0.15, 0.2) is 0 Å².